The second-order valence-corrected chi connectivity index (χ2v) is 4.38. The molecule has 0 saturated heterocycles. The van der Waals surface area contributed by atoms with Gasteiger partial charge >= 0.3 is 12.0 Å². The molecule has 5 heteroatoms. The van der Waals surface area contributed by atoms with Gasteiger partial charge in [0.2, 0.25) is 0 Å². The monoisotopic (exact) mass is 264 g/mol. The summed E-state index contributed by atoms with van der Waals surface area (Å²) in [5.74, 6) is -1.00. The Hall–Kier alpha value is -2.04. The normalized spacial score (nSPS) is 10.0. The van der Waals surface area contributed by atoms with Crippen molar-refractivity contribution in [2.24, 2.45) is 0 Å². The molecule has 1 aromatic rings. The van der Waals surface area contributed by atoms with Crippen LogP contribution in [-0.2, 0) is 11.2 Å². The molecule has 104 valence electrons. The standard InChI is InChI=1S/C14H20N2O3/c1-3-16(10-13(17)18)14(19)15-8-7-12-6-4-5-11(2)9-12/h4-6,9H,3,7-8,10H2,1-2H3,(H,15,19)(H,17,18). The Bertz CT molecular complexity index is 446. The van der Waals surface area contributed by atoms with Gasteiger partial charge in [-0.05, 0) is 25.8 Å². The maximum absolute atomic E-state index is 11.7. The summed E-state index contributed by atoms with van der Waals surface area (Å²) in [5.41, 5.74) is 2.34. The van der Waals surface area contributed by atoms with Crippen LogP contribution in [0.1, 0.15) is 18.1 Å². The Kier molecular flexibility index (Phi) is 5.85. The first-order valence-electron chi connectivity index (χ1n) is 6.33. The first-order chi connectivity index (χ1) is 9.02. The van der Waals surface area contributed by atoms with Crippen molar-refractivity contribution in [3.05, 3.63) is 35.4 Å². The van der Waals surface area contributed by atoms with E-state index in [2.05, 4.69) is 11.4 Å². The largest absolute Gasteiger partial charge is 0.480 e. The van der Waals surface area contributed by atoms with Crippen LogP contribution in [0.5, 0.6) is 0 Å². The number of likely N-dealkylation sites (N-methyl/N-ethyl adjacent to an activating group) is 1. The van der Waals surface area contributed by atoms with Gasteiger partial charge in [-0.3, -0.25) is 4.79 Å². The minimum atomic E-state index is -1.00. The van der Waals surface area contributed by atoms with Gasteiger partial charge in [0.15, 0.2) is 0 Å². The lowest BCUT2D eigenvalue weighted by Crippen LogP contribution is -2.43. The summed E-state index contributed by atoms with van der Waals surface area (Å²) in [6.45, 7) is 4.38. The van der Waals surface area contributed by atoms with E-state index in [9.17, 15) is 9.59 Å². The van der Waals surface area contributed by atoms with Gasteiger partial charge in [0.1, 0.15) is 6.54 Å². The van der Waals surface area contributed by atoms with Gasteiger partial charge in [-0.25, -0.2) is 4.79 Å². The number of carboxylic acid groups (broad SMARTS) is 1. The third-order valence-corrected chi connectivity index (χ3v) is 2.77. The molecule has 0 unspecified atom stereocenters. The van der Waals surface area contributed by atoms with Crippen LogP contribution >= 0.6 is 0 Å². The lowest BCUT2D eigenvalue weighted by atomic mass is 10.1. The van der Waals surface area contributed by atoms with E-state index >= 15 is 0 Å². The van der Waals surface area contributed by atoms with E-state index in [1.807, 2.05) is 25.1 Å². The Morgan fingerprint density at radius 1 is 1.37 bits per heavy atom. The fourth-order valence-electron chi connectivity index (χ4n) is 1.78. The van der Waals surface area contributed by atoms with Crippen molar-refractivity contribution in [3.8, 4) is 0 Å². The highest BCUT2D eigenvalue weighted by Crippen LogP contribution is 2.04. The summed E-state index contributed by atoms with van der Waals surface area (Å²) in [7, 11) is 0. The van der Waals surface area contributed by atoms with E-state index in [4.69, 9.17) is 5.11 Å². The summed E-state index contributed by atoms with van der Waals surface area (Å²) in [6.07, 6.45) is 0.734. The van der Waals surface area contributed by atoms with Crippen LogP contribution in [0.25, 0.3) is 0 Å². The minimum Gasteiger partial charge on any atom is -0.480 e. The van der Waals surface area contributed by atoms with Crippen LogP contribution in [0.2, 0.25) is 0 Å². The number of nitrogens with one attached hydrogen (secondary N) is 1. The number of urea groups is 1. The van der Waals surface area contributed by atoms with Gasteiger partial charge in [-0.1, -0.05) is 29.8 Å². The molecule has 0 aliphatic rings. The minimum absolute atomic E-state index is 0.271. The van der Waals surface area contributed by atoms with Crippen LogP contribution in [0.15, 0.2) is 24.3 Å². The maximum Gasteiger partial charge on any atom is 0.323 e. The molecule has 1 aromatic carbocycles. The lowest BCUT2D eigenvalue weighted by molar-refractivity contribution is -0.137. The number of carbonyl (C=O) groups is 2. The van der Waals surface area contributed by atoms with E-state index in [1.165, 1.54) is 10.5 Å². The first-order valence-corrected chi connectivity index (χ1v) is 6.33. The molecule has 0 aromatic heterocycles. The Morgan fingerprint density at radius 2 is 2.11 bits per heavy atom. The lowest BCUT2D eigenvalue weighted by Gasteiger charge is -2.19. The van der Waals surface area contributed by atoms with Crippen LogP contribution < -0.4 is 5.32 Å². The summed E-state index contributed by atoms with van der Waals surface area (Å²) in [5, 5.41) is 11.4. The van der Waals surface area contributed by atoms with Gasteiger partial charge < -0.3 is 15.3 Å². The molecule has 5 nitrogen and oxygen atoms in total. The second-order valence-electron chi connectivity index (χ2n) is 4.38. The summed E-state index contributed by atoms with van der Waals surface area (Å²) in [4.78, 5) is 23.6. The van der Waals surface area contributed by atoms with Crippen molar-refractivity contribution in [3.63, 3.8) is 0 Å². The van der Waals surface area contributed by atoms with E-state index in [0.717, 1.165) is 12.0 Å². The molecule has 2 amide bonds. The number of rotatable bonds is 6. The zero-order valence-electron chi connectivity index (χ0n) is 11.3. The van der Waals surface area contributed by atoms with Gasteiger partial charge in [0, 0.05) is 13.1 Å². The van der Waals surface area contributed by atoms with Gasteiger partial charge in [-0.15, -0.1) is 0 Å². The highest BCUT2D eigenvalue weighted by atomic mass is 16.4. The fourth-order valence-corrected chi connectivity index (χ4v) is 1.78. The number of carboxylic acids is 1. The fraction of sp³-hybridized carbons (Fsp3) is 0.429. The number of carbonyl (C=O) groups excluding carboxylic acids is 1. The van der Waals surface area contributed by atoms with Crippen molar-refractivity contribution in [2.75, 3.05) is 19.6 Å². The van der Waals surface area contributed by atoms with Crippen molar-refractivity contribution in [1.29, 1.82) is 0 Å². The molecule has 0 heterocycles. The van der Waals surface area contributed by atoms with E-state index in [1.54, 1.807) is 6.92 Å². The number of nitrogens with zero attached hydrogens (tertiary/aromatic N) is 1. The molecule has 2 N–H and O–H groups in total. The van der Waals surface area contributed by atoms with Gasteiger partial charge in [-0.2, -0.15) is 0 Å². The van der Waals surface area contributed by atoms with Crippen LogP contribution in [0.4, 0.5) is 4.79 Å². The van der Waals surface area contributed by atoms with E-state index in [0.29, 0.717) is 13.1 Å². The number of amides is 2. The van der Waals surface area contributed by atoms with Gasteiger partial charge in [0.25, 0.3) is 0 Å². The average molecular weight is 264 g/mol. The van der Waals surface area contributed by atoms with E-state index in [-0.39, 0.29) is 12.6 Å². The van der Waals surface area contributed by atoms with Crippen LogP contribution in [0, 0.1) is 6.92 Å². The number of hydrogen-bond acceptors (Lipinski definition) is 2. The zero-order valence-corrected chi connectivity index (χ0v) is 11.3. The van der Waals surface area contributed by atoms with Crippen molar-refractivity contribution in [2.45, 2.75) is 20.3 Å². The predicted octanol–water partition coefficient (Wildman–Crippen LogP) is 1.65. The Labute approximate surface area is 113 Å². The molecule has 0 saturated carbocycles. The van der Waals surface area contributed by atoms with Gasteiger partial charge in [0.05, 0.1) is 0 Å². The van der Waals surface area contributed by atoms with E-state index < -0.39 is 5.97 Å². The Balaban J connectivity index is 2.39. The molecule has 0 spiro atoms. The summed E-state index contributed by atoms with van der Waals surface area (Å²) in [6, 6.07) is 7.75. The highest BCUT2D eigenvalue weighted by molar-refractivity contribution is 5.80. The molecular formula is C14H20N2O3. The number of hydrogen-bond donors (Lipinski definition) is 2. The molecular weight excluding hydrogens is 244 g/mol. The zero-order chi connectivity index (χ0) is 14.3. The first kappa shape index (κ1) is 15.0. The summed E-state index contributed by atoms with van der Waals surface area (Å²) >= 11 is 0. The molecule has 0 radical (unpaired) electrons. The molecule has 0 aliphatic heterocycles. The predicted molar refractivity (Wildman–Crippen MR) is 73.2 cm³/mol. The molecule has 0 atom stereocenters. The third kappa shape index (κ3) is 5.42. The molecule has 1 rings (SSSR count). The quantitative estimate of drug-likeness (QED) is 0.821. The van der Waals surface area contributed by atoms with Crippen molar-refractivity contribution in [1.82, 2.24) is 10.2 Å². The SMILES string of the molecule is CCN(CC(=O)O)C(=O)NCCc1cccc(C)c1. The smallest absolute Gasteiger partial charge is 0.323 e. The highest BCUT2D eigenvalue weighted by Gasteiger charge is 2.13. The number of benzene rings is 1. The molecule has 19 heavy (non-hydrogen) atoms. The van der Waals surface area contributed by atoms with Crippen molar-refractivity contribution < 1.29 is 14.7 Å². The maximum atomic E-state index is 11.7. The average Bonchev–Trinajstić information content (AvgIpc) is 2.35. The van der Waals surface area contributed by atoms with Crippen LogP contribution in [0.3, 0.4) is 0 Å². The van der Waals surface area contributed by atoms with Crippen LogP contribution in [-0.4, -0.2) is 41.6 Å². The molecule has 0 fully saturated rings. The third-order valence-electron chi connectivity index (χ3n) is 2.77. The second kappa shape index (κ2) is 7.41. The number of aryl methyl sites for hydroxylation is 1. The Morgan fingerprint density at radius 3 is 2.68 bits per heavy atom. The van der Waals surface area contributed by atoms with Crippen molar-refractivity contribution >= 4 is 12.0 Å². The molecule has 0 aliphatic carbocycles. The number of aliphatic carboxylic acids is 1. The topological polar surface area (TPSA) is 69.6 Å². The molecule has 0 bridgehead atoms. The summed E-state index contributed by atoms with van der Waals surface area (Å²) < 4.78 is 0.